The molecule has 0 bridgehead atoms. The Labute approximate surface area is 171 Å². The van der Waals surface area contributed by atoms with Gasteiger partial charge in [0.25, 0.3) is 5.91 Å². The predicted molar refractivity (Wildman–Crippen MR) is 111 cm³/mol. The number of halogens is 3. The third-order valence-electron chi connectivity index (χ3n) is 4.42. The van der Waals surface area contributed by atoms with Gasteiger partial charge in [-0.25, -0.2) is 0 Å². The van der Waals surface area contributed by atoms with Gasteiger partial charge >= 0.3 is 0 Å². The molecule has 6 heteroatoms. The molecular weight excluding hydrogens is 470 g/mol. The molecule has 1 N–H and O–H groups in total. The summed E-state index contributed by atoms with van der Waals surface area (Å²) in [7, 11) is 0. The van der Waals surface area contributed by atoms with Crippen molar-refractivity contribution in [2.45, 2.75) is 25.4 Å². The zero-order valence-electron chi connectivity index (χ0n) is 13.6. The highest BCUT2D eigenvalue weighted by Crippen LogP contribution is 2.20. The van der Waals surface area contributed by atoms with E-state index < -0.39 is 0 Å². The minimum absolute atomic E-state index is 0.0388. The van der Waals surface area contributed by atoms with Crippen LogP contribution in [-0.4, -0.2) is 29.9 Å². The van der Waals surface area contributed by atoms with Crippen molar-refractivity contribution in [1.82, 2.24) is 10.2 Å². The first-order valence-electron chi connectivity index (χ1n) is 8.24. The third-order valence-corrected chi connectivity index (χ3v) is 5.84. The lowest BCUT2D eigenvalue weighted by atomic mass is 10.0. The molecule has 1 saturated heterocycles. The van der Waals surface area contributed by atoms with Crippen molar-refractivity contribution < 1.29 is 4.79 Å². The monoisotopic (exact) mass is 488 g/mol. The summed E-state index contributed by atoms with van der Waals surface area (Å²) in [5.74, 6) is -0.0388. The molecule has 0 aromatic heterocycles. The van der Waals surface area contributed by atoms with Crippen LogP contribution in [0.15, 0.2) is 42.5 Å². The van der Waals surface area contributed by atoms with E-state index in [4.69, 9.17) is 23.2 Å². The fourth-order valence-corrected chi connectivity index (χ4v) is 3.90. The lowest BCUT2D eigenvalue weighted by Crippen LogP contribution is -2.44. The van der Waals surface area contributed by atoms with Crippen molar-refractivity contribution in [2.24, 2.45) is 0 Å². The average Bonchev–Trinajstić information content (AvgIpc) is 2.60. The van der Waals surface area contributed by atoms with Gasteiger partial charge in [0.05, 0.1) is 5.56 Å². The maximum atomic E-state index is 12.5. The first kappa shape index (κ1) is 19.0. The molecule has 0 atom stereocenters. The summed E-state index contributed by atoms with van der Waals surface area (Å²) in [5.41, 5.74) is 1.91. The summed E-state index contributed by atoms with van der Waals surface area (Å²) in [6, 6.07) is 13.6. The first-order valence-corrected chi connectivity index (χ1v) is 10.1. The quantitative estimate of drug-likeness (QED) is 0.614. The normalized spacial score (nSPS) is 16.0. The lowest BCUT2D eigenvalue weighted by molar-refractivity contribution is 0.0908. The SMILES string of the molecule is O=C(NC1CCN(Cc2ccc(Cl)cc2)CC1)c1cc(Cl)ccc1I. The van der Waals surface area contributed by atoms with Gasteiger partial charge in [0.15, 0.2) is 0 Å². The van der Waals surface area contributed by atoms with Crippen LogP contribution in [0.4, 0.5) is 0 Å². The van der Waals surface area contributed by atoms with Crippen LogP contribution in [0.2, 0.25) is 10.0 Å². The Morgan fingerprint density at radius 3 is 2.40 bits per heavy atom. The fraction of sp³-hybridized carbons (Fsp3) is 0.316. The van der Waals surface area contributed by atoms with E-state index in [1.807, 2.05) is 18.2 Å². The molecule has 0 spiro atoms. The van der Waals surface area contributed by atoms with Crippen molar-refractivity contribution in [3.8, 4) is 0 Å². The van der Waals surface area contributed by atoms with Crippen LogP contribution >= 0.6 is 45.8 Å². The molecule has 1 fully saturated rings. The third kappa shape index (κ3) is 5.33. The van der Waals surface area contributed by atoms with E-state index >= 15 is 0 Å². The Balaban J connectivity index is 1.51. The topological polar surface area (TPSA) is 32.3 Å². The molecule has 0 unspecified atom stereocenters. The molecule has 2 aromatic carbocycles. The minimum atomic E-state index is -0.0388. The van der Waals surface area contributed by atoms with Crippen LogP contribution < -0.4 is 5.32 Å². The van der Waals surface area contributed by atoms with Gasteiger partial charge in [0, 0.05) is 39.3 Å². The highest BCUT2D eigenvalue weighted by Gasteiger charge is 2.22. The maximum Gasteiger partial charge on any atom is 0.252 e. The Bertz CT molecular complexity index is 744. The molecule has 2 aromatic rings. The molecule has 132 valence electrons. The van der Waals surface area contributed by atoms with Gasteiger partial charge in [-0.1, -0.05) is 35.3 Å². The van der Waals surface area contributed by atoms with E-state index in [1.165, 1.54) is 5.56 Å². The number of likely N-dealkylation sites (tertiary alicyclic amines) is 1. The molecule has 1 amide bonds. The van der Waals surface area contributed by atoms with Gasteiger partial charge in [-0.05, 0) is 71.3 Å². The zero-order chi connectivity index (χ0) is 17.8. The second-order valence-electron chi connectivity index (χ2n) is 6.27. The number of rotatable bonds is 4. The Hall–Kier alpha value is -0.820. The van der Waals surface area contributed by atoms with Crippen molar-refractivity contribution in [3.05, 3.63) is 67.2 Å². The van der Waals surface area contributed by atoms with Crippen LogP contribution in [0.5, 0.6) is 0 Å². The van der Waals surface area contributed by atoms with E-state index in [2.05, 4.69) is 44.9 Å². The number of benzene rings is 2. The van der Waals surface area contributed by atoms with Gasteiger partial charge < -0.3 is 5.32 Å². The standard InChI is InChI=1S/C19H19Cl2IN2O/c20-14-3-1-13(2-4-14)12-24-9-7-16(8-10-24)23-19(25)17-11-15(21)5-6-18(17)22/h1-6,11,16H,7-10,12H2,(H,23,25). The van der Waals surface area contributed by atoms with Crippen molar-refractivity contribution in [2.75, 3.05) is 13.1 Å². The van der Waals surface area contributed by atoms with Gasteiger partial charge in [-0.3, -0.25) is 9.69 Å². The van der Waals surface area contributed by atoms with E-state index in [0.717, 1.165) is 41.1 Å². The Morgan fingerprint density at radius 2 is 1.72 bits per heavy atom. The Morgan fingerprint density at radius 1 is 1.08 bits per heavy atom. The number of nitrogens with one attached hydrogen (secondary N) is 1. The van der Waals surface area contributed by atoms with Gasteiger partial charge in [0.2, 0.25) is 0 Å². The van der Waals surface area contributed by atoms with Crippen molar-refractivity contribution >= 4 is 51.7 Å². The molecule has 1 heterocycles. The molecule has 3 rings (SSSR count). The number of hydrogen-bond acceptors (Lipinski definition) is 2. The first-order chi connectivity index (χ1) is 12.0. The van der Waals surface area contributed by atoms with E-state index in [0.29, 0.717) is 10.6 Å². The lowest BCUT2D eigenvalue weighted by Gasteiger charge is -2.32. The van der Waals surface area contributed by atoms with Crippen LogP contribution in [0, 0.1) is 3.57 Å². The van der Waals surface area contributed by atoms with Gasteiger partial charge in [-0.15, -0.1) is 0 Å². The predicted octanol–water partition coefficient (Wildman–Crippen LogP) is 4.99. The molecule has 0 aliphatic carbocycles. The molecular formula is C19H19Cl2IN2O. The van der Waals surface area contributed by atoms with Crippen molar-refractivity contribution in [3.63, 3.8) is 0 Å². The number of piperidine rings is 1. The number of carbonyl (C=O) groups is 1. The summed E-state index contributed by atoms with van der Waals surface area (Å²) in [6.45, 7) is 2.87. The second kappa shape index (κ2) is 8.71. The van der Waals surface area contributed by atoms with Crippen molar-refractivity contribution in [1.29, 1.82) is 0 Å². The number of nitrogens with zero attached hydrogens (tertiary/aromatic N) is 1. The second-order valence-corrected chi connectivity index (χ2v) is 8.31. The molecule has 1 aliphatic heterocycles. The van der Waals surface area contributed by atoms with Crippen LogP contribution in [0.25, 0.3) is 0 Å². The molecule has 3 nitrogen and oxygen atoms in total. The minimum Gasteiger partial charge on any atom is -0.349 e. The number of hydrogen-bond donors (Lipinski definition) is 1. The highest BCUT2D eigenvalue weighted by molar-refractivity contribution is 14.1. The van der Waals surface area contributed by atoms with E-state index in [9.17, 15) is 4.79 Å². The van der Waals surface area contributed by atoms with Crippen LogP contribution in [-0.2, 0) is 6.54 Å². The molecule has 0 radical (unpaired) electrons. The zero-order valence-corrected chi connectivity index (χ0v) is 17.3. The summed E-state index contributed by atoms with van der Waals surface area (Å²) >= 11 is 14.1. The smallest absolute Gasteiger partial charge is 0.252 e. The number of carbonyl (C=O) groups excluding carboxylic acids is 1. The number of amides is 1. The van der Waals surface area contributed by atoms with E-state index in [-0.39, 0.29) is 11.9 Å². The maximum absolute atomic E-state index is 12.5. The van der Waals surface area contributed by atoms with Gasteiger partial charge in [0.1, 0.15) is 0 Å². The molecule has 0 saturated carbocycles. The summed E-state index contributed by atoms with van der Waals surface area (Å²) in [5, 5.41) is 4.50. The summed E-state index contributed by atoms with van der Waals surface area (Å²) < 4.78 is 0.916. The average molecular weight is 489 g/mol. The molecule has 1 aliphatic rings. The summed E-state index contributed by atoms with van der Waals surface area (Å²) in [6.07, 6.45) is 1.91. The Kier molecular flexibility index (Phi) is 6.61. The van der Waals surface area contributed by atoms with Crippen LogP contribution in [0.3, 0.4) is 0 Å². The van der Waals surface area contributed by atoms with E-state index in [1.54, 1.807) is 12.1 Å². The summed E-state index contributed by atoms with van der Waals surface area (Å²) in [4.78, 5) is 14.9. The highest BCUT2D eigenvalue weighted by atomic mass is 127. The molecule has 25 heavy (non-hydrogen) atoms. The van der Waals surface area contributed by atoms with Crippen LogP contribution in [0.1, 0.15) is 28.8 Å². The van der Waals surface area contributed by atoms with Gasteiger partial charge in [-0.2, -0.15) is 0 Å². The largest absolute Gasteiger partial charge is 0.349 e. The fourth-order valence-electron chi connectivity index (χ4n) is 3.02.